The van der Waals surface area contributed by atoms with Crippen LogP contribution < -0.4 is 5.32 Å². The highest BCUT2D eigenvalue weighted by molar-refractivity contribution is 7.09. The van der Waals surface area contributed by atoms with Gasteiger partial charge in [-0.15, -0.1) is 11.3 Å². The molecule has 2 heterocycles. The van der Waals surface area contributed by atoms with Crippen LogP contribution in [0, 0.1) is 6.92 Å². The normalized spacial score (nSPS) is 11.3. The first kappa shape index (κ1) is 12.3. The standard InChI is InChI=1S/C13H19N3S/c1-10(2)14-7-12-8-15-11(3)16(12)9-13-5-4-6-17-13/h4-6,8,10,14H,7,9H2,1-3H3. The molecule has 0 spiro atoms. The summed E-state index contributed by atoms with van der Waals surface area (Å²) in [5.41, 5.74) is 1.25. The molecule has 1 N–H and O–H groups in total. The van der Waals surface area contributed by atoms with Crippen molar-refractivity contribution in [3.05, 3.63) is 40.1 Å². The van der Waals surface area contributed by atoms with Crippen LogP contribution in [-0.4, -0.2) is 15.6 Å². The van der Waals surface area contributed by atoms with Gasteiger partial charge in [0.15, 0.2) is 0 Å². The summed E-state index contributed by atoms with van der Waals surface area (Å²) in [7, 11) is 0. The number of hydrogen-bond donors (Lipinski definition) is 1. The van der Waals surface area contributed by atoms with Gasteiger partial charge in [-0.2, -0.15) is 0 Å². The third kappa shape index (κ3) is 3.17. The molecule has 0 aliphatic carbocycles. The van der Waals surface area contributed by atoms with E-state index in [0.29, 0.717) is 6.04 Å². The van der Waals surface area contributed by atoms with E-state index in [9.17, 15) is 0 Å². The molecule has 0 aliphatic rings. The molecule has 92 valence electrons. The Bertz CT molecular complexity index is 457. The Morgan fingerprint density at radius 1 is 1.47 bits per heavy atom. The molecular weight excluding hydrogens is 230 g/mol. The number of hydrogen-bond acceptors (Lipinski definition) is 3. The zero-order valence-electron chi connectivity index (χ0n) is 10.6. The van der Waals surface area contributed by atoms with Gasteiger partial charge >= 0.3 is 0 Å². The van der Waals surface area contributed by atoms with Crippen molar-refractivity contribution in [2.75, 3.05) is 0 Å². The van der Waals surface area contributed by atoms with E-state index in [4.69, 9.17) is 0 Å². The first-order valence-corrected chi connectivity index (χ1v) is 6.81. The van der Waals surface area contributed by atoms with Crippen LogP contribution in [0.15, 0.2) is 23.7 Å². The van der Waals surface area contributed by atoms with Gasteiger partial charge in [0, 0.05) is 23.7 Å². The molecule has 0 radical (unpaired) electrons. The summed E-state index contributed by atoms with van der Waals surface area (Å²) in [5.74, 6) is 1.08. The van der Waals surface area contributed by atoms with E-state index in [0.717, 1.165) is 18.9 Å². The van der Waals surface area contributed by atoms with Crippen LogP contribution in [0.5, 0.6) is 0 Å². The minimum absolute atomic E-state index is 0.500. The quantitative estimate of drug-likeness (QED) is 0.883. The molecule has 2 aromatic rings. The summed E-state index contributed by atoms with van der Waals surface area (Å²) in [6.45, 7) is 8.19. The van der Waals surface area contributed by atoms with Gasteiger partial charge < -0.3 is 9.88 Å². The lowest BCUT2D eigenvalue weighted by molar-refractivity contribution is 0.562. The van der Waals surface area contributed by atoms with Crippen LogP contribution in [0.1, 0.15) is 30.2 Å². The molecule has 0 atom stereocenters. The Morgan fingerprint density at radius 2 is 2.29 bits per heavy atom. The van der Waals surface area contributed by atoms with Crippen LogP contribution >= 0.6 is 11.3 Å². The fraction of sp³-hybridized carbons (Fsp3) is 0.462. The van der Waals surface area contributed by atoms with Crippen molar-refractivity contribution in [1.29, 1.82) is 0 Å². The summed E-state index contributed by atoms with van der Waals surface area (Å²) in [6.07, 6.45) is 1.97. The van der Waals surface area contributed by atoms with Gasteiger partial charge in [-0.1, -0.05) is 19.9 Å². The van der Waals surface area contributed by atoms with Crippen LogP contribution in [0.2, 0.25) is 0 Å². The predicted molar refractivity (Wildman–Crippen MR) is 72.4 cm³/mol. The number of aromatic nitrogens is 2. The Kier molecular flexibility index (Phi) is 3.97. The third-order valence-electron chi connectivity index (χ3n) is 2.72. The molecule has 17 heavy (non-hydrogen) atoms. The number of nitrogens with zero attached hydrogens (tertiary/aromatic N) is 2. The molecule has 0 unspecified atom stereocenters. The van der Waals surface area contributed by atoms with Crippen molar-refractivity contribution in [2.24, 2.45) is 0 Å². The lowest BCUT2D eigenvalue weighted by Gasteiger charge is -2.11. The van der Waals surface area contributed by atoms with Crippen LogP contribution in [0.4, 0.5) is 0 Å². The van der Waals surface area contributed by atoms with Crippen molar-refractivity contribution >= 4 is 11.3 Å². The molecule has 3 nitrogen and oxygen atoms in total. The van der Waals surface area contributed by atoms with Crippen molar-refractivity contribution < 1.29 is 0 Å². The first-order chi connectivity index (χ1) is 8.16. The maximum absolute atomic E-state index is 4.40. The monoisotopic (exact) mass is 249 g/mol. The van der Waals surface area contributed by atoms with Gasteiger partial charge in [0.1, 0.15) is 5.82 Å². The third-order valence-corrected chi connectivity index (χ3v) is 3.58. The van der Waals surface area contributed by atoms with E-state index in [-0.39, 0.29) is 0 Å². The van der Waals surface area contributed by atoms with Crippen LogP contribution in [0.3, 0.4) is 0 Å². The minimum atomic E-state index is 0.500. The average Bonchev–Trinajstić information content (AvgIpc) is 2.89. The van der Waals surface area contributed by atoms with E-state index >= 15 is 0 Å². The van der Waals surface area contributed by atoms with Gasteiger partial charge in [0.05, 0.1) is 12.2 Å². The van der Waals surface area contributed by atoms with Crippen LogP contribution in [0.25, 0.3) is 0 Å². The highest BCUT2D eigenvalue weighted by atomic mass is 32.1. The number of aryl methyl sites for hydroxylation is 1. The van der Waals surface area contributed by atoms with Gasteiger partial charge in [-0.05, 0) is 18.4 Å². The number of nitrogens with one attached hydrogen (secondary N) is 1. The molecule has 0 aromatic carbocycles. The van der Waals surface area contributed by atoms with Gasteiger partial charge in [0.25, 0.3) is 0 Å². The summed E-state index contributed by atoms with van der Waals surface area (Å²) in [4.78, 5) is 5.77. The van der Waals surface area contributed by atoms with Crippen LogP contribution in [-0.2, 0) is 13.1 Å². The lowest BCUT2D eigenvalue weighted by atomic mass is 10.3. The number of thiophene rings is 1. The van der Waals surface area contributed by atoms with Crippen molar-refractivity contribution in [1.82, 2.24) is 14.9 Å². The zero-order chi connectivity index (χ0) is 12.3. The molecule has 2 rings (SSSR count). The van der Waals surface area contributed by atoms with E-state index < -0.39 is 0 Å². The molecule has 2 aromatic heterocycles. The molecular formula is C13H19N3S. The fourth-order valence-electron chi connectivity index (χ4n) is 1.74. The topological polar surface area (TPSA) is 29.9 Å². The SMILES string of the molecule is Cc1ncc(CNC(C)C)n1Cc1cccs1. The Morgan fingerprint density at radius 3 is 2.94 bits per heavy atom. The van der Waals surface area contributed by atoms with Gasteiger partial charge in [-0.25, -0.2) is 4.98 Å². The van der Waals surface area contributed by atoms with Gasteiger partial charge in [0.2, 0.25) is 0 Å². The van der Waals surface area contributed by atoms with Crippen molar-refractivity contribution in [3.63, 3.8) is 0 Å². The highest BCUT2D eigenvalue weighted by Gasteiger charge is 2.07. The molecule has 0 amide bonds. The molecule has 0 fully saturated rings. The fourth-order valence-corrected chi connectivity index (χ4v) is 2.43. The number of rotatable bonds is 5. The average molecular weight is 249 g/mol. The molecule has 0 bridgehead atoms. The summed E-state index contributed by atoms with van der Waals surface area (Å²) in [5, 5.41) is 5.56. The molecule has 4 heteroatoms. The lowest BCUT2D eigenvalue weighted by Crippen LogP contribution is -2.23. The molecule has 0 saturated carbocycles. The second-order valence-corrected chi connectivity index (χ2v) is 5.53. The summed E-state index contributed by atoms with van der Waals surface area (Å²) >= 11 is 1.79. The number of imidazole rings is 1. The Balaban J connectivity index is 2.12. The predicted octanol–water partition coefficient (Wildman–Crippen LogP) is 2.80. The zero-order valence-corrected chi connectivity index (χ0v) is 11.4. The van der Waals surface area contributed by atoms with Crippen molar-refractivity contribution in [2.45, 2.75) is 39.9 Å². The van der Waals surface area contributed by atoms with Gasteiger partial charge in [-0.3, -0.25) is 0 Å². The second kappa shape index (κ2) is 5.47. The van der Waals surface area contributed by atoms with E-state index in [1.807, 2.05) is 6.20 Å². The Hall–Kier alpha value is -1.13. The largest absolute Gasteiger partial charge is 0.326 e. The maximum atomic E-state index is 4.40. The van der Waals surface area contributed by atoms with E-state index in [1.54, 1.807) is 11.3 Å². The second-order valence-electron chi connectivity index (χ2n) is 4.50. The van der Waals surface area contributed by atoms with E-state index in [2.05, 4.69) is 53.2 Å². The van der Waals surface area contributed by atoms with Crippen molar-refractivity contribution in [3.8, 4) is 0 Å². The maximum Gasteiger partial charge on any atom is 0.106 e. The minimum Gasteiger partial charge on any atom is -0.326 e. The first-order valence-electron chi connectivity index (χ1n) is 5.93. The van der Waals surface area contributed by atoms with E-state index in [1.165, 1.54) is 10.6 Å². The molecule has 0 saturated heterocycles. The highest BCUT2D eigenvalue weighted by Crippen LogP contribution is 2.14. The summed E-state index contributed by atoms with van der Waals surface area (Å²) < 4.78 is 2.28. The molecule has 0 aliphatic heterocycles. The smallest absolute Gasteiger partial charge is 0.106 e. The Labute approximate surface area is 107 Å². The summed E-state index contributed by atoms with van der Waals surface area (Å²) in [6, 6.07) is 4.77.